The Balaban J connectivity index is 0.979. The molecule has 11 nitrogen and oxygen atoms in total. The van der Waals surface area contributed by atoms with Gasteiger partial charge in [0.2, 0.25) is 11.8 Å². The van der Waals surface area contributed by atoms with Crippen molar-refractivity contribution in [3.8, 4) is 22.6 Å². The number of carbonyl (C=O) groups excluding carboxylic acids is 2. The Morgan fingerprint density at radius 1 is 1.00 bits per heavy atom. The number of nitrogens with one attached hydrogen (secondary N) is 2. The first-order chi connectivity index (χ1) is 23.3. The highest BCUT2D eigenvalue weighted by Crippen LogP contribution is 2.32. The van der Waals surface area contributed by atoms with Crippen molar-refractivity contribution in [2.75, 3.05) is 52.1 Å². The normalized spacial score (nSPS) is 18.3. The number of nitrogens with zero attached hydrogens (tertiary/aromatic N) is 7. The summed E-state index contributed by atoms with van der Waals surface area (Å²) in [7, 11) is 3.81. The maximum absolute atomic E-state index is 13.9. The van der Waals surface area contributed by atoms with Crippen molar-refractivity contribution in [3.05, 3.63) is 96.8 Å². The first kappa shape index (κ1) is 31.3. The van der Waals surface area contributed by atoms with Crippen LogP contribution in [0.5, 0.6) is 0 Å². The second-order valence-electron chi connectivity index (χ2n) is 12.5. The van der Waals surface area contributed by atoms with E-state index in [9.17, 15) is 14.0 Å². The summed E-state index contributed by atoms with van der Waals surface area (Å²) >= 11 is 0. The van der Waals surface area contributed by atoms with Crippen molar-refractivity contribution in [1.29, 1.82) is 0 Å². The fourth-order valence-corrected chi connectivity index (χ4v) is 6.51. The third-order valence-electron chi connectivity index (χ3n) is 9.38. The Morgan fingerprint density at radius 2 is 1.79 bits per heavy atom. The Bertz CT molecular complexity index is 1980. The molecule has 2 aliphatic rings. The van der Waals surface area contributed by atoms with Gasteiger partial charge in [-0.1, -0.05) is 6.08 Å². The van der Waals surface area contributed by atoms with E-state index in [-0.39, 0.29) is 24.2 Å². The van der Waals surface area contributed by atoms with Crippen LogP contribution in [0.1, 0.15) is 18.5 Å². The molecule has 0 spiro atoms. The van der Waals surface area contributed by atoms with Crippen LogP contribution in [-0.2, 0) is 9.59 Å². The average Bonchev–Trinajstić information content (AvgIpc) is 3.74. The SMILES string of the molecule is CN(C)[C@@]1(C(=O)Nc2ccc3[nH]nc(-c4ccc(F)cc4)c3c2)CCN(CC(=O)N2CC=C(c3ccc(-c4ncccn4)cn3)CC2)C1. The van der Waals surface area contributed by atoms with Gasteiger partial charge >= 0.3 is 0 Å². The Kier molecular flexibility index (Phi) is 8.50. The first-order valence-corrected chi connectivity index (χ1v) is 15.9. The monoisotopic (exact) mass is 645 g/mol. The molecule has 5 heterocycles. The Morgan fingerprint density at radius 3 is 2.50 bits per heavy atom. The van der Waals surface area contributed by atoms with Crippen LogP contribution >= 0.6 is 0 Å². The van der Waals surface area contributed by atoms with E-state index in [0.717, 1.165) is 33.3 Å². The molecule has 2 aromatic carbocycles. The van der Waals surface area contributed by atoms with Crippen molar-refractivity contribution < 1.29 is 14.0 Å². The van der Waals surface area contributed by atoms with E-state index in [1.807, 2.05) is 54.2 Å². The van der Waals surface area contributed by atoms with Crippen molar-refractivity contribution in [1.82, 2.24) is 39.8 Å². The summed E-state index contributed by atoms with van der Waals surface area (Å²) in [4.78, 5) is 46.3. The molecule has 0 radical (unpaired) electrons. The maximum atomic E-state index is 13.9. The number of likely N-dealkylation sites (N-methyl/N-ethyl adjacent to an activating group) is 1. The summed E-state index contributed by atoms with van der Waals surface area (Å²) in [5, 5.41) is 11.4. The zero-order valence-electron chi connectivity index (χ0n) is 26.9. The number of amides is 2. The minimum atomic E-state index is -0.803. The van der Waals surface area contributed by atoms with Crippen LogP contribution in [0.4, 0.5) is 10.1 Å². The van der Waals surface area contributed by atoms with Crippen LogP contribution in [0.2, 0.25) is 0 Å². The van der Waals surface area contributed by atoms with Crippen molar-refractivity contribution in [2.24, 2.45) is 0 Å². The van der Waals surface area contributed by atoms with Gasteiger partial charge in [-0.15, -0.1) is 0 Å². The van der Waals surface area contributed by atoms with E-state index in [1.165, 1.54) is 12.1 Å². The molecule has 12 heteroatoms. The maximum Gasteiger partial charge on any atom is 0.246 e. The predicted molar refractivity (Wildman–Crippen MR) is 182 cm³/mol. The van der Waals surface area contributed by atoms with Crippen LogP contribution in [0.3, 0.4) is 0 Å². The number of fused-ring (bicyclic) bond motifs is 1. The minimum absolute atomic E-state index is 0.0449. The van der Waals surface area contributed by atoms with E-state index in [4.69, 9.17) is 0 Å². The van der Waals surface area contributed by atoms with Gasteiger partial charge in [0.25, 0.3) is 0 Å². The zero-order chi connectivity index (χ0) is 33.3. The summed E-state index contributed by atoms with van der Waals surface area (Å²) in [6.07, 6.45) is 8.58. The number of likely N-dealkylation sites (tertiary alicyclic amines) is 1. The highest BCUT2D eigenvalue weighted by Gasteiger charge is 2.47. The smallest absolute Gasteiger partial charge is 0.246 e. The van der Waals surface area contributed by atoms with Gasteiger partial charge in [0.15, 0.2) is 5.82 Å². The number of anilines is 1. The van der Waals surface area contributed by atoms with Crippen molar-refractivity contribution in [2.45, 2.75) is 18.4 Å². The van der Waals surface area contributed by atoms with Crippen molar-refractivity contribution >= 4 is 34.0 Å². The second kappa shape index (κ2) is 13.1. The lowest BCUT2D eigenvalue weighted by Gasteiger charge is -2.35. The summed E-state index contributed by atoms with van der Waals surface area (Å²) in [6.45, 7) is 2.44. The number of H-pyrrole nitrogens is 1. The number of rotatable bonds is 8. The fourth-order valence-electron chi connectivity index (χ4n) is 6.51. The lowest BCUT2D eigenvalue weighted by atomic mass is 9.95. The van der Waals surface area contributed by atoms with Crippen LogP contribution < -0.4 is 5.32 Å². The predicted octanol–water partition coefficient (Wildman–Crippen LogP) is 4.48. The Hall–Kier alpha value is -5.33. The van der Waals surface area contributed by atoms with Gasteiger partial charge in [0.1, 0.15) is 11.4 Å². The van der Waals surface area contributed by atoms with E-state index in [0.29, 0.717) is 56.2 Å². The molecule has 2 amide bonds. The van der Waals surface area contributed by atoms with Gasteiger partial charge in [-0.3, -0.25) is 29.5 Å². The fraction of sp³-hybridized carbons (Fsp3) is 0.278. The van der Waals surface area contributed by atoms with Crippen LogP contribution in [0.15, 0.2) is 85.3 Å². The van der Waals surface area contributed by atoms with Crippen LogP contribution in [0.25, 0.3) is 39.1 Å². The number of hydrogen-bond acceptors (Lipinski definition) is 8. The van der Waals surface area contributed by atoms with E-state index >= 15 is 0 Å². The third kappa shape index (κ3) is 6.19. The standard InChI is InChI=1S/C36H36FN9O2/c1-44(2)36(35(48)41-28-9-11-31-29(20-28)33(43-42-31)25-4-7-27(37)8-5-25)14-19-45(23-36)22-32(47)46-17-12-24(13-18-46)30-10-6-26(21-40-30)34-38-15-3-16-39-34/h3-12,15-16,20-21H,13-14,17-19,22-23H2,1-2H3,(H,41,48)(H,42,43)/t36-/m0/s1. The molecule has 1 saturated heterocycles. The van der Waals surface area contributed by atoms with Gasteiger partial charge in [-0.05, 0) is 93.2 Å². The summed E-state index contributed by atoms with van der Waals surface area (Å²) in [5.41, 5.74) is 4.97. The second-order valence-corrected chi connectivity index (χ2v) is 12.5. The molecule has 3 aromatic heterocycles. The summed E-state index contributed by atoms with van der Waals surface area (Å²) < 4.78 is 13.5. The van der Waals surface area contributed by atoms with Gasteiger partial charge in [0.05, 0.1) is 23.4 Å². The van der Waals surface area contributed by atoms with Gasteiger partial charge in [-0.25, -0.2) is 14.4 Å². The number of carbonyl (C=O) groups is 2. The Labute approximate surface area is 277 Å². The van der Waals surface area contributed by atoms with Gasteiger partial charge in [0, 0.05) is 67.0 Å². The number of aromatic nitrogens is 5. The largest absolute Gasteiger partial charge is 0.338 e. The molecule has 48 heavy (non-hydrogen) atoms. The quantitative estimate of drug-likeness (QED) is 0.253. The molecule has 5 aromatic rings. The topological polar surface area (TPSA) is 123 Å². The number of halogens is 1. The minimum Gasteiger partial charge on any atom is -0.338 e. The molecular formula is C36H36FN9O2. The third-order valence-corrected chi connectivity index (χ3v) is 9.38. The molecule has 1 fully saturated rings. The van der Waals surface area contributed by atoms with E-state index in [2.05, 4.69) is 41.4 Å². The number of hydrogen-bond donors (Lipinski definition) is 2. The molecule has 0 aliphatic carbocycles. The van der Waals surface area contributed by atoms with Gasteiger partial charge < -0.3 is 10.2 Å². The average molecular weight is 646 g/mol. The molecule has 0 unspecified atom stereocenters. The lowest BCUT2D eigenvalue weighted by Crippen LogP contribution is -2.56. The summed E-state index contributed by atoms with van der Waals surface area (Å²) in [5.74, 6) is 0.237. The molecule has 2 N–H and O–H groups in total. The summed E-state index contributed by atoms with van der Waals surface area (Å²) in [6, 6.07) is 17.5. The molecule has 0 bridgehead atoms. The number of benzene rings is 2. The lowest BCUT2D eigenvalue weighted by molar-refractivity contribution is -0.132. The number of aromatic amines is 1. The number of pyridine rings is 1. The zero-order valence-corrected chi connectivity index (χ0v) is 26.9. The van der Waals surface area contributed by atoms with Crippen LogP contribution in [-0.4, -0.2) is 104 Å². The molecule has 7 rings (SSSR count). The van der Waals surface area contributed by atoms with Gasteiger partial charge in [-0.2, -0.15) is 5.10 Å². The molecular weight excluding hydrogens is 609 g/mol. The van der Waals surface area contributed by atoms with Crippen LogP contribution in [0, 0.1) is 5.82 Å². The van der Waals surface area contributed by atoms with Crippen molar-refractivity contribution in [3.63, 3.8) is 0 Å². The molecule has 1 atom stereocenters. The highest BCUT2D eigenvalue weighted by atomic mass is 19.1. The molecule has 2 aliphatic heterocycles. The van der Waals surface area contributed by atoms with E-state index in [1.54, 1.807) is 36.8 Å². The van der Waals surface area contributed by atoms with E-state index < -0.39 is 5.54 Å². The first-order valence-electron chi connectivity index (χ1n) is 15.9. The highest BCUT2D eigenvalue weighted by molar-refractivity contribution is 6.02. The molecule has 0 saturated carbocycles. The molecule has 244 valence electrons.